The number of thiophene rings is 2. The molecular weight excluding hydrogens is 527 g/mol. The SMILES string of the molecule is COc1cccc2c(Cl)c(C(=O)Cl)sc12.COc1cccc2c(Cl)c(C(=O)OC(C)C)sc12. The maximum absolute atomic E-state index is 11.9. The van der Waals surface area contributed by atoms with E-state index in [1.165, 1.54) is 22.7 Å². The summed E-state index contributed by atoms with van der Waals surface area (Å²) >= 11 is 20.2. The molecule has 10 heteroatoms. The first-order chi connectivity index (χ1) is 15.7. The number of carbonyl (C=O) groups excluding carboxylic acids is 2. The molecule has 4 rings (SSSR count). The van der Waals surface area contributed by atoms with Crippen molar-refractivity contribution in [2.45, 2.75) is 20.0 Å². The number of esters is 1. The lowest BCUT2D eigenvalue weighted by atomic mass is 10.2. The van der Waals surface area contributed by atoms with Crippen LogP contribution in [0.1, 0.15) is 33.2 Å². The van der Waals surface area contributed by atoms with Crippen LogP contribution in [-0.2, 0) is 4.74 Å². The summed E-state index contributed by atoms with van der Waals surface area (Å²) < 4.78 is 17.3. The normalized spacial score (nSPS) is 10.8. The molecule has 4 aromatic rings. The lowest BCUT2D eigenvalue weighted by molar-refractivity contribution is 0.0384. The molecule has 5 nitrogen and oxygen atoms in total. The summed E-state index contributed by atoms with van der Waals surface area (Å²) in [6.07, 6.45) is -0.166. The molecule has 0 aliphatic carbocycles. The highest BCUT2D eigenvalue weighted by Gasteiger charge is 2.21. The first-order valence-corrected chi connectivity index (χ1v) is 12.4. The van der Waals surface area contributed by atoms with Crippen LogP contribution in [0.25, 0.3) is 20.2 Å². The van der Waals surface area contributed by atoms with Crippen LogP contribution in [0.5, 0.6) is 11.5 Å². The van der Waals surface area contributed by atoms with E-state index in [0.29, 0.717) is 31.3 Å². The highest BCUT2D eigenvalue weighted by Crippen LogP contribution is 2.41. The number of carbonyl (C=O) groups is 2. The summed E-state index contributed by atoms with van der Waals surface area (Å²) in [5.74, 6) is 1.02. The second-order valence-corrected chi connectivity index (χ2v) is 10.0. The van der Waals surface area contributed by atoms with Crippen LogP contribution in [0.15, 0.2) is 36.4 Å². The van der Waals surface area contributed by atoms with Gasteiger partial charge in [0, 0.05) is 10.8 Å². The first-order valence-electron chi connectivity index (χ1n) is 9.60. The lowest BCUT2D eigenvalue weighted by Gasteiger charge is -2.05. The molecule has 0 N–H and O–H groups in total. The lowest BCUT2D eigenvalue weighted by Crippen LogP contribution is -2.10. The Kier molecular flexibility index (Phi) is 8.48. The van der Waals surface area contributed by atoms with Crippen LogP contribution in [0.2, 0.25) is 10.0 Å². The number of ether oxygens (including phenoxy) is 3. The van der Waals surface area contributed by atoms with E-state index >= 15 is 0 Å². The topological polar surface area (TPSA) is 61.8 Å². The monoisotopic (exact) mass is 544 g/mol. The van der Waals surface area contributed by atoms with Gasteiger partial charge in [0.05, 0.1) is 39.8 Å². The Morgan fingerprint density at radius 2 is 1.27 bits per heavy atom. The van der Waals surface area contributed by atoms with Crippen molar-refractivity contribution in [1.29, 1.82) is 0 Å². The number of methoxy groups -OCH3 is 2. The van der Waals surface area contributed by atoms with Gasteiger partial charge in [-0.25, -0.2) is 4.79 Å². The quantitative estimate of drug-likeness (QED) is 0.187. The number of hydrogen-bond donors (Lipinski definition) is 0. The van der Waals surface area contributed by atoms with Gasteiger partial charge in [0.2, 0.25) is 0 Å². The third-order valence-corrected chi connectivity index (χ3v) is 8.11. The summed E-state index contributed by atoms with van der Waals surface area (Å²) in [6, 6.07) is 11.0. The maximum Gasteiger partial charge on any atom is 0.350 e. The molecular formula is C23H19Cl3O5S2. The number of fused-ring (bicyclic) bond motifs is 2. The van der Waals surface area contributed by atoms with E-state index in [0.717, 1.165) is 20.2 Å². The van der Waals surface area contributed by atoms with Gasteiger partial charge in [-0.3, -0.25) is 4.79 Å². The average molecular weight is 546 g/mol. The number of halogens is 3. The van der Waals surface area contributed by atoms with Crippen molar-refractivity contribution in [3.8, 4) is 11.5 Å². The van der Waals surface area contributed by atoms with Crippen molar-refractivity contribution in [2.75, 3.05) is 14.2 Å². The smallest absolute Gasteiger partial charge is 0.350 e. The number of rotatable bonds is 5. The minimum absolute atomic E-state index is 0.166. The second-order valence-electron chi connectivity index (χ2n) is 6.89. The molecule has 0 bridgehead atoms. The Bertz CT molecular complexity index is 1330. The highest BCUT2D eigenvalue weighted by molar-refractivity contribution is 7.23. The fraction of sp³-hybridized carbons (Fsp3) is 0.217. The summed E-state index contributed by atoms with van der Waals surface area (Å²) in [5, 5.41) is 1.90. The zero-order valence-corrected chi connectivity index (χ0v) is 21.9. The van der Waals surface area contributed by atoms with Crippen LogP contribution in [0.3, 0.4) is 0 Å². The van der Waals surface area contributed by atoms with Gasteiger partial charge in [-0.15, -0.1) is 22.7 Å². The number of benzene rings is 2. The molecule has 0 spiro atoms. The molecule has 0 fully saturated rings. The Morgan fingerprint density at radius 3 is 1.70 bits per heavy atom. The molecule has 0 aliphatic rings. The molecule has 0 aliphatic heterocycles. The van der Waals surface area contributed by atoms with Gasteiger partial charge < -0.3 is 14.2 Å². The highest BCUT2D eigenvalue weighted by atomic mass is 35.5. The van der Waals surface area contributed by atoms with E-state index in [9.17, 15) is 9.59 Å². The predicted octanol–water partition coefficient (Wildman–Crippen LogP) is 8.07. The Morgan fingerprint density at radius 1 is 0.818 bits per heavy atom. The molecule has 0 radical (unpaired) electrons. The van der Waals surface area contributed by atoms with Crippen LogP contribution in [0.4, 0.5) is 0 Å². The summed E-state index contributed by atoms with van der Waals surface area (Å²) in [4.78, 5) is 23.8. The minimum Gasteiger partial charge on any atom is -0.495 e. The van der Waals surface area contributed by atoms with E-state index in [4.69, 9.17) is 49.0 Å². The van der Waals surface area contributed by atoms with Crippen LogP contribution in [0, 0.1) is 0 Å². The van der Waals surface area contributed by atoms with Crippen molar-refractivity contribution in [1.82, 2.24) is 0 Å². The van der Waals surface area contributed by atoms with Gasteiger partial charge in [0.25, 0.3) is 5.24 Å². The fourth-order valence-corrected chi connectivity index (χ4v) is 6.14. The van der Waals surface area contributed by atoms with Crippen molar-refractivity contribution >= 4 is 88.9 Å². The zero-order chi connectivity index (χ0) is 24.3. The first kappa shape index (κ1) is 25.6. The van der Waals surface area contributed by atoms with Crippen molar-refractivity contribution in [3.63, 3.8) is 0 Å². The maximum atomic E-state index is 11.9. The summed E-state index contributed by atoms with van der Waals surface area (Å²) in [7, 11) is 3.17. The molecule has 2 aromatic heterocycles. The molecule has 0 amide bonds. The molecule has 0 atom stereocenters. The van der Waals surface area contributed by atoms with Gasteiger partial charge in [0.1, 0.15) is 21.3 Å². The summed E-state index contributed by atoms with van der Waals surface area (Å²) in [6.45, 7) is 3.61. The van der Waals surface area contributed by atoms with Crippen molar-refractivity contribution < 1.29 is 23.8 Å². The Labute approximate surface area is 213 Å². The van der Waals surface area contributed by atoms with Crippen LogP contribution >= 0.6 is 57.5 Å². The van der Waals surface area contributed by atoms with Crippen molar-refractivity contribution in [2.24, 2.45) is 0 Å². The van der Waals surface area contributed by atoms with Gasteiger partial charge in [-0.2, -0.15) is 0 Å². The van der Waals surface area contributed by atoms with Crippen molar-refractivity contribution in [3.05, 3.63) is 56.2 Å². The zero-order valence-electron chi connectivity index (χ0n) is 18.0. The average Bonchev–Trinajstić information content (AvgIpc) is 3.31. The minimum atomic E-state index is -0.539. The number of hydrogen-bond acceptors (Lipinski definition) is 7. The predicted molar refractivity (Wildman–Crippen MR) is 138 cm³/mol. The largest absolute Gasteiger partial charge is 0.495 e. The molecule has 0 saturated carbocycles. The van der Waals surface area contributed by atoms with E-state index in [1.54, 1.807) is 28.1 Å². The van der Waals surface area contributed by atoms with E-state index < -0.39 is 11.2 Å². The third-order valence-electron chi connectivity index (χ3n) is 4.38. The Balaban J connectivity index is 0.000000189. The third kappa shape index (κ3) is 5.39. The Hall–Kier alpha value is -2.03. The van der Waals surface area contributed by atoms with Gasteiger partial charge in [-0.05, 0) is 37.6 Å². The van der Waals surface area contributed by atoms with Gasteiger partial charge in [-0.1, -0.05) is 47.5 Å². The standard InChI is InChI=1S/C13H13ClO3S.C10H6Cl2O2S/c1-7(2)17-13(15)12-10(14)8-5-4-6-9(16-3)11(8)18-12;1-14-6-4-2-3-5-7(11)9(10(12)13)15-8(5)6/h4-7H,1-3H3;2-4H,1H3. The van der Waals surface area contributed by atoms with E-state index in [2.05, 4.69) is 0 Å². The van der Waals surface area contributed by atoms with Crippen LogP contribution < -0.4 is 9.47 Å². The van der Waals surface area contributed by atoms with E-state index in [-0.39, 0.29) is 6.10 Å². The molecule has 2 aromatic carbocycles. The molecule has 0 saturated heterocycles. The fourth-order valence-electron chi connectivity index (χ4n) is 2.97. The van der Waals surface area contributed by atoms with Gasteiger partial charge >= 0.3 is 5.97 Å². The van der Waals surface area contributed by atoms with E-state index in [1.807, 2.05) is 36.4 Å². The molecule has 174 valence electrons. The summed E-state index contributed by atoms with van der Waals surface area (Å²) in [5.41, 5.74) is 0. The molecule has 0 unspecified atom stereocenters. The van der Waals surface area contributed by atoms with Gasteiger partial charge in [0.15, 0.2) is 0 Å². The second kappa shape index (κ2) is 10.9. The van der Waals surface area contributed by atoms with Crippen LogP contribution in [-0.4, -0.2) is 31.5 Å². The molecule has 33 heavy (non-hydrogen) atoms. The molecule has 2 heterocycles.